The second kappa shape index (κ2) is 7.73. The minimum Gasteiger partial charge on any atom is -0.325 e. The van der Waals surface area contributed by atoms with Crippen LogP contribution in [0, 0.1) is 0 Å². The molecule has 1 heterocycles. The molecule has 23 heavy (non-hydrogen) atoms. The van der Waals surface area contributed by atoms with Crippen LogP contribution in [0.25, 0.3) is 0 Å². The van der Waals surface area contributed by atoms with Gasteiger partial charge in [0.1, 0.15) is 0 Å². The Morgan fingerprint density at radius 2 is 2.17 bits per heavy atom. The number of anilines is 1. The molecule has 124 valence electrons. The number of alkyl halides is 3. The molecular weight excluding hydrogens is 391 g/mol. The number of nitrogens with zero attached hydrogens (tertiary/aromatic N) is 2. The van der Waals surface area contributed by atoms with E-state index in [1.807, 2.05) is 6.26 Å². The average molecular weight is 400 g/mol. The van der Waals surface area contributed by atoms with E-state index in [0.717, 1.165) is 23.7 Å². The second-order valence-corrected chi connectivity index (χ2v) is 7.23. The number of carbonyl (C=O) groups is 1. The van der Waals surface area contributed by atoms with E-state index in [2.05, 4.69) is 14.7 Å². The monoisotopic (exact) mass is 399 g/mol. The molecule has 0 spiro atoms. The first kappa shape index (κ1) is 18.4. The Labute approximate surface area is 147 Å². The fourth-order valence-electron chi connectivity index (χ4n) is 1.48. The van der Waals surface area contributed by atoms with Crippen LogP contribution < -0.4 is 5.32 Å². The lowest BCUT2D eigenvalue weighted by molar-refractivity contribution is -0.137. The molecule has 0 unspecified atom stereocenters. The largest absolute Gasteiger partial charge is 0.417 e. The van der Waals surface area contributed by atoms with E-state index in [4.69, 9.17) is 11.6 Å². The minimum atomic E-state index is -4.58. The van der Waals surface area contributed by atoms with Crippen molar-refractivity contribution < 1.29 is 18.0 Å². The standard InChI is InChI=1S/C12H9ClF3N3OS3/c1-21-10-18-11(23-19-10)22-5-9(20)17-6-2-3-8(13)7(4-6)12(14,15)16/h2-4H,5H2,1H3,(H,17,20). The van der Waals surface area contributed by atoms with E-state index in [-0.39, 0.29) is 11.4 Å². The molecule has 0 atom stereocenters. The summed E-state index contributed by atoms with van der Waals surface area (Å²) in [6.07, 6.45) is -2.74. The van der Waals surface area contributed by atoms with Crippen LogP contribution in [0.4, 0.5) is 18.9 Å². The summed E-state index contributed by atoms with van der Waals surface area (Å²) in [4.78, 5) is 16.0. The highest BCUT2D eigenvalue weighted by Gasteiger charge is 2.33. The quantitative estimate of drug-likeness (QED) is 0.741. The summed E-state index contributed by atoms with van der Waals surface area (Å²) in [5.74, 6) is -0.418. The van der Waals surface area contributed by atoms with Gasteiger partial charge >= 0.3 is 6.18 Å². The molecule has 0 bridgehead atoms. The van der Waals surface area contributed by atoms with Gasteiger partial charge in [-0.1, -0.05) is 35.1 Å². The molecule has 1 aromatic carbocycles. The van der Waals surface area contributed by atoms with Crippen molar-refractivity contribution in [3.05, 3.63) is 28.8 Å². The lowest BCUT2D eigenvalue weighted by Crippen LogP contribution is -2.15. The maximum absolute atomic E-state index is 12.8. The van der Waals surface area contributed by atoms with Gasteiger partial charge in [-0.3, -0.25) is 4.79 Å². The van der Waals surface area contributed by atoms with Crippen LogP contribution in [0.2, 0.25) is 5.02 Å². The molecule has 11 heteroatoms. The van der Waals surface area contributed by atoms with Gasteiger partial charge in [0.05, 0.1) is 16.3 Å². The summed E-state index contributed by atoms with van der Waals surface area (Å²) in [6, 6.07) is 3.22. The predicted octanol–water partition coefficient (Wildman–Crippen LogP) is 4.66. The molecular formula is C12H9ClF3N3OS3. The van der Waals surface area contributed by atoms with Crippen molar-refractivity contribution in [2.75, 3.05) is 17.3 Å². The second-order valence-electron chi connectivity index (χ2n) is 4.08. The third-order valence-corrected chi connectivity index (χ3v) is 5.28. The van der Waals surface area contributed by atoms with E-state index in [9.17, 15) is 18.0 Å². The van der Waals surface area contributed by atoms with Crippen LogP contribution in [0.5, 0.6) is 0 Å². The van der Waals surface area contributed by atoms with Gasteiger partial charge in [0.25, 0.3) is 0 Å². The number of nitrogens with one attached hydrogen (secondary N) is 1. The van der Waals surface area contributed by atoms with Crippen LogP contribution in [0.1, 0.15) is 5.56 Å². The van der Waals surface area contributed by atoms with Gasteiger partial charge in [-0.05, 0) is 36.0 Å². The van der Waals surface area contributed by atoms with Crippen molar-refractivity contribution in [1.82, 2.24) is 9.36 Å². The summed E-state index contributed by atoms with van der Waals surface area (Å²) in [7, 11) is 0. The maximum atomic E-state index is 12.8. The third-order valence-electron chi connectivity index (χ3n) is 2.45. The molecule has 0 fully saturated rings. The molecule has 4 nitrogen and oxygen atoms in total. The number of hydrogen-bond acceptors (Lipinski definition) is 6. The van der Waals surface area contributed by atoms with Crippen LogP contribution in [0.3, 0.4) is 0 Å². The molecule has 1 aromatic heterocycles. The third kappa shape index (κ3) is 5.27. The van der Waals surface area contributed by atoms with Crippen molar-refractivity contribution in [2.45, 2.75) is 15.7 Å². The zero-order chi connectivity index (χ0) is 17.0. The Bertz CT molecular complexity index is 708. The summed E-state index contributed by atoms with van der Waals surface area (Å²) in [5, 5.41) is 2.61. The van der Waals surface area contributed by atoms with E-state index >= 15 is 0 Å². The smallest absolute Gasteiger partial charge is 0.325 e. The van der Waals surface area contributed by atoms with E-state index in [1.54, 1.807) is 0 Å². The first-order chi connectivity index (χ1) is 10.8. The first-order valence-corrected chi connectivity index (χ1v) is 9.33. The highest BCUT2D eigenvalue weighted by molar-refractivity contribution is 8.01. The molecule has 0 aliphatic heterocycles. The number of aromatic nitrogens is 2. The normalized spacial score (nSPS) is 11.5. The molecule has 0 aliphatic rings. The molecule has 1 amide bonds. The average Bonchev–Trinajstić information content (AvgIpc) is 2.94. The molecule has 1 N–H and O–H groups in total. The Hall–Kier alpha value is -0.970. The van der Waals surface area contributed by atoms with E-state index in [0.29, 0.717) is 9.50 Å². The SMILES string of the molecule is CSc1nsc(SCC(=O)Nc2ccc(Cl)c(C(F)(F)F)c2)n1. The number of amides is 1. The van der Waals surface area contributed by atoms with Gasteiger partial charge in [-0.15, -0.1) is 0 Å². The van der Waals surface area contributed by atoms with E-state index < -0.39 is 22.7 Å². The predicted molar refractivity (Wildman–Crippen MR) is 87.5 cm³/mol. The molecule has 2 rings (SSSR count). The minimum absolute atomic E-state index is 0.0208. The van der Waals surface area contributed by atoms with Gasteiger partial charge in [0, 0.05) is 5.69 Å². The van der Waals surface area contributed by atoms with Crippen molar-refractivity contribution >= 4 is 58.3 Å². The van der Waals surface area contributed by atoms with Gasteiger partial charge in [-0.2, -0.15) is 17.5 Å². The lowest BCUT2D eigenvalue weighted by atomic mass is 10.2. The number of benzene rings is 1. The summed E-state index contributed by atoms with van der Waals surface area (Å²) in [5.41, 5.74) is -0.951. The molecule has 0 saturated heterocycles. The highest BCUT2D eigenvalue weighted by Crippen LogP contribution is 2.36. The molecule has 0 saturated carbocycles. The van der Waals surface area contributed by atoms with Crippen molar-refractivity contribution in [2.24, 2.45) is 0 Å². The molecule has 0 radical (unpaired) electrons. The Morgan fingerprint density at radius 3 is 2.78 bits per heavy atom. The zero-order valence-electron chi connectivity index (χ0n) is 11.5. The van der Waals surface area contributed by atoms with E-state index in [1.165, 1.54) is 29.6 Å². The number of thioether (sulfide) groups is 2. The first-order valence-electron chi connectivity index (χ1n) is 5.96. The Kier molecular flexibility index (Phi) is 6.18. The van der Waals surface area contributed by atoms with Crippen LogP contribution in [-0.4, -0.2) is 27.3 Å². The Morgan fingerprint density at radius 1 is 1.43 bits per heavy atom. The van der Waals surface area contributed by atoms with Crippen LogP contribution >= 0.6 is 46.7 Å². The van der Waals surface area contributed by atoms with Crippen molar-refractivity contribution in [3.63, 3.8) is 0 Å². The highest BCUT2D eigenvalue weighted by atomic mass is 35.5. The fraction of sp³-hybridized carbons (Fsp3) is 0.250. The lowest BCUT2D eigenvalue weighted by Gasteiger charge is -2.11. The van der Waals surface area contributed by atoms with Gasteiger partial charge in [-0.25, -0.2) is 4.98 Å². The topological polar surface area (TPSA) is 54.9 Å². The van der Waals surface area contributed by atoms with Gasteiger partial charge in [0.15, 0.2) is 4.34 Å². The number of rotatable bonds is 5. The summed E-state index contributed by atoms with van der Waals surface area (Å²) < 4.78 is 42.9. The number of carbonyl (C=O) groups excluding carboxylic acids is 1. The van der Waals surface area contributed by atoms with Gasteiger partial charge < -0.3 is 5.32 Å². The van der Waals surface area contributed by atoms with Crippen molar-refractivity contribution in [1.29, 1.82) is 0 Å². The number of halogens is 4. The Balaban J connectivity index is 1.97. The number of hydrogen-bond donors (Lipinski definition) is 1. The van der Waals surface area contributed by atoms with Crippen molar-refractivity contribution in [3.8, 4) is 0 Å². The van der Waals surface area contributed by atoms with Crippen LogP contribution in [0.15, 0.2) is 27.7 Å². The molecule has 2 aromatic rings. The molecule has 0 aliphatic carbocycles. The zero-order valence-corrected chi connectivity index (χ0v) is 14.7. The summed E-state index contributed by atoms with van der Waals surface area (Å²) >= 11 is 9.24. The maximum Gasteiger partial charge on any atom is 0.417 e. The fourth-order valence-corrected chi connectivity index (χ4v) is 3.72. The summed E-state index contributed by atoms with van der Waals surface area (Å²) in [6.45, 7) is 0. The van der Waals surface area contributed by atoms with Gasteiger partial charge in [0.2, 0.25) is 11.1 Å². The van der Waals surface area contributed by atoms with Crippen LogP contribution in [-0.2, 0) is 11.0 Å².